The Morgan fingerprint density at radius 3 is 2.35 bits per heavy atom. The summed E-state index contributed by atoms with van der Waals surface area (Å²) in [5.74, 6) is -1.31. The van der Waals surface area contributed by atoms with E-state index in [0.717, 1.165) is 21.4 Å². The number of carbonyl (C=O) groups is 2. The quantitative estimate of drug-likeness (QED) is 0.590. The van der Waals surface area contributed by atoms with E-state index in [1.807, 2.05) is 32.9 Å². The van der Waals surface area contributed by atoms with Gasteiger partial charge in [0.25, 0.3) is 11.5 Å². The van der Waals surface area contributed by atoms with E-state index in [4.69, 9.17) is 4.74 Å². The number of anilines is 1. The Kier molecular flexibility index (Phi) is 6.50. The minimum absolute atomic E-state index is 0.0635. The molecular formula is C23H25N3O5. The molecule has 3 rings (SSSR count). The summed E-state index contributed by atoms with van der Waals surface area (Å²) in [7, 11) is 0. The van der Waals surface area contributed by atoms with E-state index >= 15 is 0 Å². The molecule has 0 radical (unpaired) electrons. The summed E-state index contributed by atoms with van der Waals surface area (Å²) in [4.78, 5) is 38.0. The molecule has 0 aliphatic rings. The Hall–Kier alpha value is -3.52. The molecule has 0 spiro atoms. The second kappa shape index (κ2) is 9.09. The zero-order chi connectivity index (χ0) is 22.7. The van der Waals surface area contributed by atoms with E-state index in [-0.39, 0.29) is 24.2 Å². The van der Waals surface area contributed by atoms with Crippen LogP contribution in [0.25, 0.3) is 10.8 Å². The normalized spacial score (nSPS) is 11.9. The van der Waals surface area contributed by atoms with Crippen LogP contribution in [-0.2, 0) is 16.1 Å². The van der Waals surface area contributed by atoms with Crippen molar-refractivity contribution in [3.8, 4) is 0 Å². The summed E-state index contributed by atoms with van der Waals surface area (Å²) in [6, 6.07) is 10.4. The number of amides is 1. The molecule has 0 saturated heterocycles. The molecule has 162 valence electrons. The van der Waals surface area contributed by atoms with Gasteiger partial charge in [0.2, 0.25) is 0 Å². The number of nitrogens with zero attached hydrogens (tertiary/aromatic N) is 2. The van der Waals surface area contributed by atoms with Crippen molar-refractivity contribution in [3.63, 3.8) is 0 Å². The third kappa shape index (κ3) is 4.64. The van der Waals surface area contributed by atoms with Crippen LogP contribution in [0.4, 0.5) is 5.69 Å². The van der Waals surface area contributed by atoms with E-state index in [0.29, 0.717) is 11.1 Å². The van der Waals surface area contributed by atoms with Crippen LogP contribution in [0.2, 0.25) is 0 Å². The lowest BCUT2D eigenvalue weighted by Crippen LogP contribution is -2.32. The molecule has 0 fully saturated rings. The molecule has 0 saturated carbocycles. The Bertz CT molecular complexity index is 1190. The minimum Gasteiger partial charge on any atom is -0.448 e. The second-order valence-corrected chi connectivity index (χ2v) is 7.46. The van der Waals surface area contributed by atoms with E-state index in [1.165, 1.54) is 6.92 Å². The Morgan fingerprint density at radius 2 is 1.74 bits per heavy atom. The Labute approximate surface area is 179 Å². The predicted octanol–water partition coefficient (Wildman–Crippen LogP) is 2.50. The smallest absolute Gasteiger partial charge is 0.360 e. The second-order valence-electron chi connectivity index (χ2n) is 7.46. The van der Waals surface area contributed by atoms with Crippen LogP contribution in [0.15, 0.2) is 41.2 Å². The van der Waals surface area contributed by atoms with Crippen LogP contribution in [0.3, 0.4) is 0 Å². The highest BCUT2D eigenvalue weighted by atomic mass is 16.5. The molecule has 2 aromatic carbocycles. The number of aliphatic hydroxyl groups excluding tert-OH is 1. The van der Waals surface area contributed by atoms with Gasteiger partial charge in [-0.05, 0) is 44.9 Å². The summed E-state index contributed by atoms with van der Waals surface area (Å²) in [6.45, 7) is 6.86. The minimum atomic E-state index is -1.09. The molecule has 0 unspecified atom stereocenters. The number of carbonyl (C=O) groups excluding carboxylic acids is 2. The van der Waals surface area contributed by atoms with Crippen LogP contribution in [-0.4, -0.2) is 39.5 Å². The number of benzene rings is 2. The maximum Gasteiger partial charge on any atom is 0.360 e. The third-order valence-electron chi connectivity index (χ3n) is 4.95. The zero-order valence-electron chi connectivity index (χ0n) is 17.9. The van der Waals surface area contributed by atoms with Gasteiger partial charge in [0.15, 0.2) is 11.8 Å². The number of rotatable bonds is 6. The van der Waals surface area contributed by atoms with Crippen molar-refractivity contribution in [2.75, 3.05) is 11.9 Å². The van der Waals surface area contributed by atoms with Crippen molar-refractivity contribution in [1.29, 1.82) is 0 Å². The largest absolute Gasteiger partial charge is 0.448 e. The molecule has 0 aliphatic heterocycles. The van der Waals surface area contributed by atoms with Gasteiger partial charge < -0.3 is 15.2 Å². The summed E-state index contributed by atoms with van der Waals surface area (Å²) in [5, 5.41) is 16.7. The van der Waals surface area contributed by atoms with Crippen LogP contribution < -0.4 is 10.9 Å². The van der Waals surface area contributed by atoms with Gasteiger partial charge in [0.05, 0.1) is 18.5 Å². The lowest BCUT2D eigenvalue weighted by atomic mass is 10.0. The summed E-state index contributed by atoms with van der Waals surface area (Å²) >= 11 is 0. The number of hydrogen-bond donors (Lipinski definition) is 2. The summed E-state index contributed by atoms with van der Waals surface area (Å²) < 4.78 is 6.38. The fourth-order valence-corrected chi connectivity index (χ4v) is 3.50. The Morgan fingerprint density at radius 1 is 1.13 bits per heavy atom. The molecule has 2 N–H and O–H groups in total. The first-order chi connectivity index (χ1) is 14.7. The maximum absolute atomic E-state index is 12.8. The molecule has 0 bridgehead atoms. The van der Waals surface area contributed by atoms with Gasteiger partial charge in [-0.1, -0.05) is 35.9 Å². The molecule has 8 heteroatoms. The average Bonchev–Trinajstić information content (AvgIpc) is 2.72. The van der Waals surface area contributed by atoms with Crippen molar-refractivity contribution >= 4 is 28.3 Å². The van der Waals surface area contributed by atoms with Crippen LogP contribution >= 0.6 is 0 Å². The van der Waals surface area contributed by atoms with Crippen molar-refractivity contribution in [3.05, 3.63) is 69.1 Å². The van der Waals surface area contributed by atoms with Crippen LogP contribution in [0.5, 0.6) is 0 Å². The predicted molar refractivity (Wildman–Crippen MR) is 117 cm³/mol. The topological polar surface area (TPSA) is 111 Å². The SMILES string of the molecule is Cc1cc(C)c(NC(=O)[C@H](C)OC(=O)c2nn(CCO)c(=O)c3ccccc23)c(C)c1. The lowest BCUT2D eigenvalue weighted by Gasteiger charge is -2.17. The van der Waals surface area contributed by atoms with Gasteiger partial charge in [0.1, 0.15) is 0 Å². The maximum atomic E-state index is 12.8. The number of fused-ring (bicyclic) bond motifs is 1. The van der Waals surface area contributed by atoms with Crippen LogP contribution in [0, 0.1) is 20.8 Å². The standard InChI is InChI=1S/C23H25N3O5/c1-13-11-14(2)19(15(3)12-13)24-21(28)16(4)31-23(30)20-17-7-5-6-8-18(17)22(29)26(25-20)9-10-27/h5-8,11-12,16,27H,9-10H2,1-4H3,(H,24,28)/t16-/m0/s1. The molecule has 1 atom stereocenters. The van der Waals surface area contributed by atoms with Crippen molar-refractivity contribution < 1.29 is 19.4 Å². The summed E-state index contributed by atoms with van der Waals surface area (Å²) in [6.07, 6.45) is -1.09. The lowest BCUT2D eigenvalue weighted by molar-refractivity contribution is -0.123. The molecule has 0 aliphatic carbocycles. The van der Waals surface area contributed by atoms with Crippen molar-refractivity contribution in [1.82, 2.24) is 9.78 Å². The number of esters is 1. The number of aromatic nitrogens is 2. The van der Waals surface area contributed by atoms with Crippen molar-refractivity contribution in [2.24, 2.45) is 0 Å². The molecule has 8 nitrogen and oxygen atoms in total. The van der Waals surface area contributed by atoms with Gasteiger partial charge in [-0.3, -0.25) is 9.59 Å². The zero-order valence-corrected chi connectivity index (χ0v) is 17.9. The molecule has 1 aromatic heterocycles. The van der Waals surface area contributed by atoms with Gasteiger partial charge in [-0.25, -0.2) is 9.48 Å². The molecule has 1 amide bonds. The fourth-order valence-electron chi connectivity index (χ4n) is 3.50. The van der Waals surface area contributed by atoms with E-state index in [2.05, 4.69) is 10.4 Å². The molecular weight excluding hydrogens is 398 g/mol. The summed E-state index contributed by atoms with van der Waals surface area (Å²) in [5.41, 5.74) is 3.08. The van der Waals surface area contributed by atoms with Gasteiger partial charge in [0, 0.05) is 11.1 Å². The Balaban J connectivity index is 1.86. The van der Waals surface area contributed by atoms with E-state index in [1.54, 1.807) is 24.3 Å². The molecule has 3 aromatic rings. The van der Waals surface area contributed by atoms with E-state index < -0.39 is 23.5 Å². The van der Waals surface area contributed by atoms with Gasteiger partial charge in [-0.2, -0.15) is 5.10 Å². The van der Waals surface area contributed by atoms with E-state index in [9.17, 15) is 19.5 Å². The highest BCUT2D eigenvalue weighted by Crippen LogP contribution is 2.22. The highest BCUT2D eigenvalue weighted by Gasteiger charge is 2.24. The number of aryl methyl sites for hydroxylation is 3. The monoisotopic (exact) mass is 423 g/mol. The average molecular weight is 423 g/mol. The van der Waals surface area contributed by atoms with Gasteiger partial charge >= 0.3 is 5.97 Å². The van der Waals surface area contributed by atoms with Crippen LogP contribution in [0.1, 0.15) is 34.1 Å². The van der Waals surface area contributed by atoms with Crippen molar-refractivity contribution in [2.45, 2.75) is 40.3 Å². The number of aliphatic hydroxyl groups is 1. The first-order valence-corrected chi connectivity index (χ1v) is 9.93. The third-order valence-corrected chi connectivity index (χ3v) is 4.95. The molecule has 1 heterocycles. The number of ether oxygens (including phenoxy) is 1. The number of hydrogen-bond acceptors (Lipinski definition) is 6. The molecule has 31 heavy (non-hydrogen) atoms. The fraction of sp³-hybridized carbons (Fsp3) is 0.304. The first kappa shape index (κ1) is 22.2. The highest BCUT2D eigenvalue weighted by molar-refractivity contribution is 6.04. The number of nitrogens with one attached hydrogen (secondary N) is 1. The van der Waals surface area contributed by atoms with Gasteiger partial charge in [-0.15, -0.1) is 0 Å². The first-order valence-electron chi connectivity index (χ1n) is 9.93.